The van der Waals surface area contributed by atoms with Crippen LogP contribution in [0.5, 0.6) is 5.75 Å². The smallest absolute Gasteiger partial charge is 0.276 e. The minimum absolute atomic E-state index is 0.00237. The van der Waals surface area contributed by atoms with Crippen LogP contribution < -0.4 is 20.9 Å². The van der Waals surface area contributed by atoms with Crippen molar-refractivity contribution in [3.8, 4) is 5.75 Å². The summed E-state index contributed by atoms with van der Waals surface area (Å²) in [5, 5.41) is 2.50. The number of para-hydroxylation sites is 1. The zero-order valence-corrected chi connectivity index (χ0v) is 16.4. The van der Waals surface area contributed by atoms with E-state index in [0.717, 1.165) is 11.1 Å². The van der Waals surface area contributed by atoms with Gasteiger partial charge in [-0.3, -0.25) is 25.8 Å². The Labute approximate surface area is 164 Å². The minimum Gasteiger partial charge on any atom is -0.483 e. The fraction of sp³-hybridized carbons (Fsp3) is 0.250. The van der Waals surface area contributed by atoms with Gasteiger partial charge in [-0.15, -0.1) is 0 Å². The van der Waals surface area contributed by atoms with Crippen LogP contribution in [-0.4, -0.2) is 23.5 Å². The number of aryl methyl sites for hydroxylation is 1. The maximum Gasteiger partial charge on any atom is 0.276 e. The molecule has 0 heterocycles. The lowest BCUT2D eigenvalue weighted by atomic mass is 10.0. The number of hydrogen-bond donors (Lipinski definition) is 3. The van der Waals surface area contributed by atoms with Crippen molar-refractivity contribution in [1.82, 2.24) is 16.2 Å². The lowest BCUT2D eigenvalue weighted by Gasteiger charge is -2.14. The Morgan fingerprint density at radius 2 is 1.81 bits per heavy atom. The predicted octanol–water partition coefficient (Wildman–Crippen LogP) is 2.83. The summed E-state index contributed by atoms with van der Waals surface area (Å²) >= 11 is 5.02. The average molecular weight is 385 g/mol. The summed E-state index contributed by atoms with van der Waals surface area (Å²) in [6.07, 6.45) is 0. The van der Waals surface area contributed by atoms with E-state index in [1.807, 2.05) is 37.3 Å². The molecular formula is C20H23N3O3S. The van der Waals surface area contributed by atoms with E-state index in [9.17, 15) is 9.59 Å². The molecule has 0 aromatic heterocycles. The number of nitrogens with one attached hydrogen (secondary N) is 3. The lowest BCUT2D eigenvalue weighted by Crippen LogP contribution is -2.49. The number of ether oxygens (including phenoxy) is 1. The molecule has 0 fully saturated rings. The van der Waals surface area contributed by atoms with Crippen LogP contribution in [0.15, 0.2) is 48.5 Å². The molecule has 0 aliphatic rings. The molecule has 3 N–H and O–H groups in total. The van der Waals surface area contributed by atoms with Crippen LogP contribution in [0.3, 0.4) is 0 Å². The second-order valence-electron chi connectivity index (χ2n) is 6.31. The van der Waals surface area contributed by atoms with Crippen molar-refractivity contribution in [2.45, 2.75) is 26.7 Å². The summed E-state index contributed by atoms with van der Waals surface area (Å²) in [4.78, 5) is 24.0. The van der Waals surface area contributed by atoms with Gasteiger partial charge in [-0.25, -0.2) is 0 Å². The van der Waals surface area contributed by atoms with Crippen LogP contribution in [0.2, 0.25) is 0 Å². The fourth-order valence-electron chi connectivity index (χ4n) is 2.39. The second kappa shape index (κ2) is 9.68. The summed E-state index contributed by atoms with van der Waals surface area (Å²) in [6.45, 7) is 5.83. The molecule has 27 heavy (non-hydrogen) atoms. The van der Waals surface area contributed by atoms with Gasteiger partial charge in [0.2, 0.25) is 0 Å². The first kappa shape index (κ1) is 20.4. The van der Waals surface area contributed by atoms with Crippen LogP contribution in [0.1, 0.15) is 41.3 Å². The number of carbonyl (C=O) groups excluding carboxylic acids is 2. The third-order valence-corrected chi connectivity index (χ3v) is 3.93. The minimum atomic E-state index is -0.416. The number of thiocarbonyl (C=S) groups is 1. The second-order valence-corrected chi connectivity index (χ2v) is 6.72. The molecule has 0 unspecified atom stereocenters. The van der Waals surface area contributed by atoms with Gasteiger partial charge < -0.3 is 4.74 Å². The lowest BCUT2D eigenvalue weighted by molar-refractivity contribution is -0.123. The van der Waals surface area contributed by atoms with Crippen molar-refractivity contribution in [2.24, 2.45) is 0 Å². The standard InChI is InChI=1S/C20H23N3O3S/c1-13(2)16-9-4-5-10-17(16)26-12-18(24)22-23-20(27)21-19(25)15-8-6-7-14(3)11-15/h4-11,13H,12H2,1-3H3,(H,22,24)(H2,21,23,25,27). The van der Waals surface area contributed by atoms with E-state index in [-0.39, 0.29) is 23.5 Å². The van der Waals surface area contributed by atoms with Gasteiger partial charge in [-0.2, -0.15) is 0 Å². The number of rotatable bonds is 5. The van der Waals surface area contributed by atoms with E-state index >= 15 is 0 Å². The zero-order valence-electron chi connectivity index (χ0n) is 15.5. The first-order valence-corrected chi connectivity index (χ1v) is 8.96. The normalized spacial score (nSPS) is 10.2. The van der Waals surface area contributed by atoms with Crippen molar-refractivity contribution in [3.63, 3.8) is 0 Å². The first-order chi connectivity index (χ1) is 12.9. The Bertz CT molecular complexity index is 837. The number of carbonyl (C=O) groups is 2. The van der Waals surface area contributed by atoms with Crippen molar-refractivity contribution >= 4 is 29.1 Å². The topological polar surface area (TPSA) is 79.5 Å². The third kappa shape index (κ3) is 6.38. The van der Waals surface area contributed by atoms with Crippen LogP contribution >= 0.6 is 12.2 Å². The van der Waals surface area contributed by atoms with Crippen LogP contribution in [0, 0.1) is 6.92 Å². The van der Waals surface area contributed by atoms with Gasteiger partial charge in [-0.05, 0) is 48.8 Å². The quantitative estimate of drug-likeness (QED) is 0.545. The summed E-state index contributed by atoms with van der Waals surface area (Å²) < 4.78 is 5.57. The molecule has 2 aromatic carbocycles. The summed E-state index contributed by atoms with van der Waals surface area (Å²) in [5.41, 5.74) is 7.37. The Morgan fingerprint density at radius 1 is 1.07 bits per heavy atom. The monoisotopic (exact) mass is 385 g/mol. The summed E-state index contributed by atoms with van der Waals surface area (Å²) in [7, 11) is 0. The molecule has 142 valence electrons. The van der Waals surface area contributed by atoms with Crippen molar-refractivity contribution in [1.29, 1.82) is 0 Å². The third-order valence-electron chi connectivity index (χ3n) is 3.72. The predicted molar refractivity (Wildman–Crippen MR) is 109 cm³/mol. The van der Waals surface area contributed by atoms with E-state index < -0.39 is 5.91 Å². The molecule has 2 aromatic rings. The van der Waals surface area contributed by atoms with Crippen molar-refractivity contribution in [2.75, 3.05) is 6.61 Å². The van der Waals surface area contributed by atoms with Crippen molar-refractivity contribution in [3.05, 3.63) is 65.2 Å². The van der Waals surface area contributed by atoms with Gasteiger partial charge in [0.1, 0.15) is 5.75 Å². The molecule has 0 atom stereocenters. The van der Waals surface area contributed by atoms with Crippen LogP contribution in [0.4, 0.5) is 0 Å². The first-order valence-electron chi connectivity index (χ1n) is 8.55. The largest absolute Gasteiger partial charge is 0.483 e. The van der Waals surface area contributed by atoms with Gasteiger partial charge in [0, 0.05) is 5.56 Å². The highest BCUT2D eigenvalue weighted by molar-refractivity contribution is 7.80. The molecule has 6 nitrogen and oxygen atoms in total. The van der Waals surface area contributed by atoms with Crippen molar-refractivity contribution < 1.29 is 14.3 Å². The molecule has 0 aliphatic heterocycles. The zero-order chi connectivity index (χ0) is 19.8. The Hall–Kier alpha value is -2.93. The van der Waals surface area contributed by atoms with E-state index in [2.05, 4.69) is 30.0 Å². The molecule has 2 rings (SSSR count). The Kier molecular flexibility index (Phi) is 7.31. The summed E-state index contributed by atoms with van der Waals surface area (Å²) in [5.74, 6) is 0.179. The average Bonchev–Trinajstić information content (AvgIpc) is 2.64. The van der Waals surface area contributed by atoms with Gasteiger partial charge in [0.05, 0.1) is 0 Å². The maximum absolute atomic E-state index is 12.1. The molecule has 0 saturated heterocycles. The molecule has 0 bridgehead atoms. The SMILES string of the molecule is Cc1cccc(C(=O)NC(=S)NNC(=O)COc2ccccc2C(C)C)c1. The maximum atomic E-state index is 12.1. The Balaban J connectivity index is 1.78. The number of hydrazine groups is 1. The highest BCUT2D eigenvalue weighted by atomic mass is 32.1. The van der Waals surface area contributed by atoms with Gasteiger partial charge in [0.25, 0.3) is 11.8 Å². The van der Waals surface area contributed by atoms with Gasteiger partial charge >= 0.3 is 0 Å². The molecule has 0 saturated carbocycles. The molecule has 0 spiro atoms. The van der Waals surface area contributed by atoms with E-state index in [4.69, 9.17) is 17.0 Å². The van der Waals surface area contributed by atoms with E-state index in [0.29, 0.717) is 11.3 Å². The molecule has 0 radical (unpaired) electrons. The Morgan fingerprint density at radius 3 is 2.52 bits per heavy atom. The van der Waals surface area contributed by atoms with Gasteiger partial charge in [0.15, 0.2) is 11.7 Å². The summed E-state index contributed by atoms with van der Waals surface area (Å²) in [6, 6.07) is 14.7. The van der Waals surface area contributed by atoms with Crippen LogP contribution in [0.25, 0.3) is 0 Å². The number of amides is 2. The highest BCUT2D eigenvalue weighted by Crippen LogP contribution is 2.25. The highest BCUT2D eigenvalue weighted by Gasteiger charge is 2.11. The van der Waals surface area contributed by atoms with E-state index in [1.54, 1.807) is 18.2 Å². The number of benzene rings is 2. The number of hydrogen-bond acceptors (Lipinski definition) is 4. The van der Waals surface area contributed by atoms with E-state index in [1.165, 1.54) is 0 Å². The molecular weight excluding hydrogens is 362 g/mol. The molecule has 7 heteroatoms. The molecule has 2 amide bonds. The van der Waals surface area contributed by atoms with Crippen LogP contribution in [-0.2, 0) is 4.79 Å². The fourth-order valence-corrected chi connectivity index (χ4v) is 2.53. The molecule has 0 aliphatic carbocycles. The van der Waals surface area contributed by atoms with Gasteiger partial charge in [-0.1, -0.05) is 49.7 Å².